The van der Waals surface area contributed by atoms with Crippen molar-refractivity contribution in [3.8, 4) is 0 Å². The van der Waals surface area contributed by atoms with E-state index >= 15 is 0 Å². The van der Waals surface area contributed by atoms with Crippen molar-refractivity contribution in [1.82, 2.24) is 25.0 Å². The molecule has 0 aliphatic carbocycles. The molecule has 0 aromatic carbocycles. The number of aryl methyl sites for hydroxylation is 1. The standard InChI is InChI=1S/C15H29N5O/c1-5-6-16-13(9-15-17-11-18-19(15)4)14-10-20(12(2)3)7-8-21-14/h11-14,16H,5-10H2,1-4H3. The lowest BCUT2D eigenvalue weighted by molar-refractivity contribution is -0.0555. The Hall–Kier alpha value is -0.980. The summed E-state index contributed by atoms with van der Waals surface area (Å²) in [5.41, 5.74) is 0. The highest BCUT2D eigenvalue weighted by molar-refractivity contribution is 4.94. The third-order valence-electron chi connectivity index (χ3n) is 4.17. The zero-order valence-corrected chi connectivity index (χ0v) is 13.7. The zero-order valence-electron chi connectivity index (χ0n) is 13.7. The molecule has 1 aromatic heterocycles. The van der Waals surface area contributed by atoms with Crippen LogP contribution in [0.15, 0.2) is 6.33 Å². The molecule has 0 amide bonds. The van der Waals surface area contributed by atoms with Gasteiger partial charge in [-0.2, -0.15) is 5.10 Å². The summed E-state index contributed by atoms with van der Waals surface area (Å²) >= 11 is 0. The van der Waals surface area contributed by atoms with Crippen LogP contribution >= 0.6 is 0 Å². The Bertz CT molecular complexity index is 420. The second-order valence-corrected chi connectivity index (χ2v) is 6.06. The van der Waals surface area contributed by atoms with Crippen molar-refractivity contribution in [2.24, 2.45) is 7.05 Å². The molecule has 0 radical (unpaired) electrons. The van der Waals surface area contributed by atoms with Gasteiger partial charge >= 0.3 is 0 Å². The molecule has 6 heteroatoms. The number of nitrogens with one attached hydrogen (secondary N) is 1. The number of ether oxygens (including phenoxy) is 1. The monoisotopic (exact) mass is 295 g/mol. The quantitative estimate of drug-likeness (QED) is 0.808. The molecule has 0 saturated carbocycles. The van der Waals surface area contributed by atoms with Crippen LogP contribution in [-0.4, -0.2) is 64.1 Å². The predicted molar refractivity (Wildman–Crippen MR) is 83.2 cm³/mol. The predicted octanol–water partition coefficient (Wildman–Crippen LogP) is 0.835. The molecule has 1 aliphatic rings. The maximum Gasteiger partial charge on any atom is 0.138 e. The third kappa shape index (κ3) is 4.49. The average molecular weight is 295 g/mol. The van der Waals surface area contributed by atoms with Crippen LogP contribution in [0.5, 0.6) is 0 Å². The van der Waals surface area contributed by atoms with Crippen molar-refractivity contribution in [3.05, 3.63) is 12.2 Å². The van der Waals surface area contributed by atoms with Gasteiger partial charge in [0.15, 0.2) is 0 Å². The summed E-state index contributed by atoms with van der Waals surface area (Å²) in [7, 11) is 1.95. The first-order valence-electron chi connectivity index (χ1n) is 8.03. The minimum atomic E-state index is 0.212. The Labute approximate surface area is 127 Å². The smallest absolute Gasteiger partial charge is 0.138 e. The number of rotatable bonds is 7. The van der Waals surface area contributed by atoms with Crippen LogP contribution in [0.3, 0.4) is 0 Å². The van der Waals surface area contributed by atoms with Crippen molar-refractivity contribution in [2.45, 2.75) is 51.8 Å². The van der Waals surface area contributed by atoms with E-state index in [1.54, 1.807) is 6.33 Å². The highest BCUT2D eigenvalue weighted by Gasteiger charge is 2.29. The molecule has 2 rings (SSSR count). The van der Waals surface area contributed by atoms with E-state index < -0.39 is 0 Å². The maximum atomic E-state index is 6.04. The summed E-state index contributed by atoms with van der Waals surface area (Å²) in [6.07, 6.45) is 3.81. The molecule has 2 unspecified atom stereocenters. The lowest BCUT2D eigenvalue weighted by Crippen LogP contribution is -2.54. The molecule has 2 heterocycles. The normalized spacial score (nSPS) is 21.9. The van der Waals surface area contributed by atoms with Crippen molar-refractivity contribution >= 4 is 0 Å². The van der Waals surface area contributed by atoms with Gasteiger partial charge in [-0.1, -0.05) is 6.92 Å². The SMILES string of the molecule is CCCNC(Cc1ncnn1C)C1CN(C(C)C)CCO1. The van der Waals surface area contributed by atoms with Gasteiger partial charge in [-0.3, -0.25) is 9.58 Å². The summed E-state index contributed by atoms with van der Waals surface area (Å²) in [4.78, 5) is 6.85. The Morgan fingerprint density at radius 1 is 1.48 bits per heavy atom. The fourth-order valence-electron chi connectivity index (χ4n) is 2.78. The van der Waals surface area contributed by atoms with Gasteiger partial charge in [-0.15, -0.1) is 0 Å². The largest absolute Gasteiger partial charge is 0.374 e. The first-order chi connectivity index (χ1) is 10.1. The molecule has 21 heavy (non-hydrogen) atoms. The fourth-order valence-corrected chi connectivity index (χ4v) is 2.78. The second-order valence-electron chi connectivity index (χ2n) is 6.06. The molecule has 0 spiro atoms. The molecule has 0 bridgehead atoms. The van der Waals surface area contributed by atoms with E-state index in [1.165, 1.54) is 0 Å². The minimum Gasteiger partial charge on any atom is -0.374 e. The minimum absolute atomic E-state index is 0.212. The zero-order chi connectivity index (χ0) is 15.2. The van der Waals surface area contributed by atoms with Gasteiger partial charge in [0.25, 0.3) is 0 Å². The molecule has 1 aromatic rings. The molecule has 1 fully saturated rings. The summed E-state index contributed by atoms with van der Waals surface area (Å²) in [6, 6.07) is 0.854. The van der Waals surface area contributed by atoms with Gasteiger partial charge in [0.05, 0.1) is 12.7 Å². The Morgan fingerprint density at radius 3 is 2.90 bits per heavy atom. The highest BCUT2D eigenvalue weighted by atomic mass is 16.5. The van der Waals surface area contributed by atoms with Gasteiger partial charge in [-0.05, 0) is 26.8 Å². The molecule has 1 N–H and O–H groups in total. The van der Waals surface area contributed by atoms with Crippen LogP contribution in [-0.2, 0) is 18.2 Å². The number of hydrogen-bond donors (Lipinski definition) is 1. The van der Waals surface area contributed by atoms with Crippen LogP contribution in [0.1, 0.15) is 33.0 Å². The van der Waals surface area contributed by atoms with E-state index in [2.05, 4.69) is 41.1 Å². The molecule has 120 valence electrons. The van der Waals surface area contributed by atoms with E-state index in [1.807, 2.05) is 11.7 Å². The van der Waals surface area contributed by atoms with Gasteiger partial charge < -0.3 is 10.1 Å². The van der Waals surface area contributed by atoms with E-state index in [0.29, 0.717) is 6.04 Å². The van der Waals surface area contributed by atoms with E-state index in [4.69, 9.17) is 4.74 Å². The Balaban J connectivity index is 2.02. The van der Waals surface area contributed by atoms with Gasteiger partial charge in [-0.25, -0.2) is 4.98 Å². The molecular weight excluding hydrogens is 266 g/mol. The lowest BCUT2D eigenvalue weighted by atomic mass is 10.0. The van der Waals surface area contributed by atoms with Crippen LogP contribution in [0.25, 0.3) is 0 Å². The van der Waals surface area contributed by atoms with Crippen molar-refractivity contribution in [3.63, 3.8) is 0 Å². The number of morpholine rings is 1. The second kappa shape index (κ2) is 7.87. The third-order valence-corrected chi connectivity index (χ3v) is 4.17. The summed E-state index contributed by atoms with van der Waals surface area (Å²) in [5, 5.41) is 7.80. The van der Waals surface area contributed by atoms with Gasteiger partial charge in [0, 0.05) is 38.6 Å². The molecule has 6 nitrogen and oxygen atoms in total. The highest BCUT2D eigenvalue weighted by Crippen LogP contribution is 2.14. The van der Waals surface area contributed by atoms with E-state index in [0.717, 1.165) is 44.9 Å². The first-order valence-corrected chi connectivity index (χ1v) is 8.03. The molecule has 2 atom stereocenters. The lowest BCUT2D eigenvalue weighted by Gasteiger charge is -2.39. The Morgan fingerprint density at radius 2 is 2.29 bits per heavy atom. The maximum absolute atomic E-state index is 6.04. The number of aromatic nitrogens is 3. The summed E-state index contributed by atoms with van der Waals surface area (Å²) in [5.74, 6) is 1.01. The van der Waals surface area contributed by atoms with E-state index in [9.17, 15) is 0 Å². The molecule has 1 aliphatic heterocycles. The van der Waals surface area contributed by atoms with Crippen molar-refractivity contribution in [2.75, 3.05) is 26.2 Å². The van der Waals surface area contributed by atoms with Gasteiger partial charge in [0.2, 0.25) is 0 Å². The summed E-state index contributed by atoms with van der Waals surface area (Å²) < 4.78 is 7.90. The van der Waals surface area contributed by atoms with Crippen LogP contribution in [0, 0.1) is 0 Å². The molecule has 1 saturated heterocycles. The average Bonchev–Trinajstić information content (AvgIpc) is 2.88. The first kappa shape index (κ1) is 16.4. The van der Waals surface area contributed by atoms with Gasteiger partial charge in [0.1, 0.15) is 12.2 Å². The van der Waals surface area contributed by atoms with Crippen LogP contribution in [0.4, 0.5) is 0 Å². The molecular formula is C15H29N5O. The Kier molecular flexibility index (Phi) is 6.14. The topological polar surface area (TPSA) is 55.2 Å². The van der Waals surface area contributed by atoms with Crippen molar-refractivity contribution < 1.29 is 4.74 Å². The van der Waals surface area contributed by atoms with E-state index in [-0.39, 0.29) is 12.1 Å². The number of nitrogens with zero attached hydrogens (tertiary/aromatic N) is 4. The fraction of sp³-hybridized carbons (Fsp3) is 0.867. The van der Waals surface area contributed by atoms with Crippen LogP contribution in [0.2, 0.25) is 0 Å². The van der Waals surface area contributed by atoms with Crippen LogP contribution < -0.4 is 5.32 Å². The van der Waals surface area contributed by atoms with Crippen molar-refractivity contribution in [1.29, 1.82) is 0 Å². The number of hydrogen-bond acceptors (Lipinski definition) is 5. The summed E-state index contributed by atoms with van der Waals surface area (Å²) in [6.45, 7) is 10.5.